The predicted molar refractivity (Wildman–Crippen MR) is 69.0 cm³/mol. The van der Waals surface area contributed by atoms with Gasteiger partial charge in [-0.25, -0.2) is 17.5 Å². The summed E-state index contributed by atoms with van der Waals surface area (Å²) in [5.41, 5.74) is 0.0202. The molecule has 0 aromatic heterocycles. The van der Waals surface area contributed by atoms with Crippen LogP contribution in [0.2, 0.25) is 5.02 Å². The lowest BCUT2D eigenvalue weighted by Gasteiger charge is -2.09. The molecule has 0 radical (unpaired) electrons. The highest BCUT2D eigenvalue weighted by molar-refractivity contribution is 7.89. The Morgan fingerprint density at radius 1 is 1.47 bits per heavy atom. The lowest BCUT2D eigenvalue weighted by Crippen LogP contribution is -2.27. The average molecular weight is 312 g/mol. The van der Waals surface area contributed by atoms with Gasteiger partial charge in [-0.3, -0.25) is 0 Å². The van der Waals surface area contributed by atoms with Gasteiger partial charge in [0.1, 0.15) is 5.82 Å². The molecule has 19 heavy (non-hydrogen) atoms. The average Bonchev–Trinajstić information content (AvgIpc) is 2.37. The quantitative estimate of drug-likeness (QED) is 0.744. The van der Waals surface area contributed by atoms with E-state index in [9.17, 15) is 12.8 Å². The van der Waals surface area contributed by atoms with Gasteiger partial charge in [0.2, 0.25) is 10.0 Å². The number of rotatable bonds is 7. The van der Waals surface area contributed by atoms with Crippen molar-refractivity contribution in [1.82, 2.24) is 4.72 Å². The molecule has 1 aromatic carbocycles. The molecule has 0 unspecified atom stereocenters. The van der Waals surface area contributed by atoms with Gasteiger partial charge < -0.3 is 9.84 Å². The minimum absolute atomic E-state index is 0.0202. The number of sulfonamides is 1. The first kappa shape index (κ1) is 16.3. The molecule has 108 valence electrons. The highest BCUT2D eigenvalue weighted by atomic mass is 35.5. The third-order valence-electron chi connectivity index (χ3n) is 2.30. The standard InChI is InChI=1S/C11H15ClFNO4S/c1-2-18-4-3-14-19(16,17)9-5-8(7-15)11(12)10(13)6-9/h5-6,14-15H,2-4,7H2,1H3. The molecule has 5 nitrogen and oxygen atoms in total. The van der Waals surface area contributed by atoms with Crippen molar-refractivity contribution >= 4 is 21.6 Å². The van der Waals surface area contributed by atoms with E-state index in [1.165, 1.54) is 0 Å². The Morgan fingerprint density at radius 2 is 2.16 bits per heavy atom. The van der Waals surface area contributed by atoms with Crippen LogP contribution in [0.15, 0.2) is 17.0 Å². The molecule has 0 fully saturated rings. The molecular weight excluding hydrogens is 297 g/mol. The van der Waals surface area contributed by atoms with Crippen molar-refractivity contribution in [1.29, 1.82) is 0 Å². The second-order valence-electron chi connectivity index (χ2n) is 3.63. The molecule has 0 bridgehead atoms. The number of ether oxygens (including phenoxy) is 1. The van der Waals surface area contributed by atoms with Gasteiger partial charge in [-0.05, 0) is 19.1 Å². The first-order valence-electron chi connectivity index (χ1n) is 5.58. The highest BCUT2D eigenvalue weighted by Gasteiger charge is 2.18. The molecule has 1 aromatic rings. The Morgan fingerprint density at radius 3 is 2.74 bits per heavy atom. The van der Waals surface area contributed by atoms with Crippen molar-refractivity contribution in [3.63, 3.8) is 0 Å². The molecular formula is C11H15ClFNO4S. The van der Waals surface area contributed by atoms with Gasteiger partial charge in [0.05, 0.1) is 23.1 Å². The Balaban J connectivity index is 2.92. The van der Waals surface area contributed by atoms with Gasteiger partial charge in [0.15, 0.2) is 0 Å². The summed E-state index contributed by atoms with van der Waals surface area (Å²) >= 11 is 5.59. The number of aliphatic hydroxyl groups is 1. The molecule has 0 spiro atoms. The van der Waals surface area contributed by atoms with Gasteiger partial charge >= 0.3 is 0 Å². The third-order valence-corrected chi connectivity index (χ3v) is 4.16. The third kappa shape index (κ3) is 4.39. The van der Waals surface area contributed by atoms with Crippen LogP contribution in [0.1, 0.15) is 12.5 Å². The summed E-state index contributed by atoms with van der Waals surface area (Å²) in [6.45, 7) is 2.02. The molecule has 0 aliphatic rings. The van der Waals surface area contributed by atoms with Crippen LogP contribution in [0.4, 0.5) is 4.39 Å². The van der Waals surface area contributed by atoms with Crippen molar-refractivity contribution in [2.45, 2.75) is 18.4 Å². The molecule has 0 saturated heterocycles. The number of benzene rings is 1. The fourth-order valence-electron chi connectivity index (χ4n) is 1.36. The monoisotopic (exact) mass is 311 g/mol. The first-order valence-corrected chi connectivity index (χ1v) is 7.44. The summed E-state index contributed by atoms with van der Waals surface area (Å²) in [7, 11) is -3.85. The van der Waals surface area contributed by atoms with E-state index < -0.39 is 22.4 Å². The fourth-order valence-corrected chi connectivity index (χ4v) is 2.61. The number of hydrogen-bond donors (Lipinski definition) is 2. The summed E-state index contributed by atoms with van der Waals surface area (Å²) in [4.78, 5) is -0.282. The van der Waals surface area contributed by atoms with Crippen molar-refractivity contribution in [3.8, 4) is 0 Å². The summed E-state index contributed by atoms with van der Waals surface area (Å²) in [5.74, 6) is -0.890. The van der Waals surface area contributed by atoms with E-state index in [0.717, 1.165) is 12.1 Å². The smallest absolute Gasteiger partial charge is 0.240 e. The van der Waals surface area contributed by atoms with Crippen LogP contribution < -0.4 is 4.72 Å². The molecule has 8 heteroatoms. The van der Waals surface area contributed by atoms with E-state index in [-0.39, 0.29) is 28.6 Å². The van der Waals surface area contributed by atoms with Crippen molar-refractivity contribution in [2.75, 3.05) is 19.8 Å². The van der Waals surface area contributed by atoms with E-state index in [1.54, 1.807) is 6.92 Å². The van der Waals surface area contributed by atoms with E-state index in [1.807, 2.05) is 0 Å². The van der Waals surface area contributed by atoms with Crippen molar-refractivity contribution < 1.29 is 22.7 Å². The van der Waals surface area contributed by atoms with Crippen LogP contribution in [-0.2, 0) is 21.4 Å². The normalized spacial score (nSPS) is 11.8. The second-order valence-corrected chi connectivity index (χ2v) is 5.78. The Hall–Kier alpha value is -0.730. The zero-order valence-electron chi connectivity index (χ0n) is 10.3. The van der Waals surface area contributed by atoms with Gasteiger partial charge in [-0.2, -0.15) is 0 Å². The molecule has 0 heterocycles. The fraction of sp³-hybridized carbons (Fsp3) is 0.455. The zero-order chi connectivity index (χ0) is 14.5. The maximum atomic E-state index is 13.4. The van der Waals surface area contributed by atoms with Crippen LogP contribution in [-0.4, -0.2) is 33.3 Å². The molecule has 0 atom stereocenters. The van der Waals surface area contributed by atoms with Gasteiger partial charge in [-0.1, -0.05) is 11.6 Å². The number of halogens is 2. The lowest BCUT2D eigenvalue weighted by molar-refractivity contribution is 0.153. The molecule has 0 amide bonds. The molecule has 2 N–H and O–H groups in total. The van der Waals surface area contributed by atoms with Crippen LogP contribution in [0.3, 0.4) is 0 Å². The van der Waals surface area contributed by atoms with Gasteiger partial charge in [0.25, 0.3) is 0 Å². The molecule has 0 aliphatic carbocycles. The van der Waals surface area contributed by atoms with Crippen molar-refractivity contribution in [2.24, 2.45) is 0 Å². The van der Waals surface area contributed by atoms with Crippen LogP contribution >= 0.6 is 11.6 Å². The summed E-state index contributed by atoms with van der Waals surface area (Å²) < 4.78 is 44.4. The number of hydrogen-bond acceptors (Lipinski definition) is 4. The predicted octanol–water partition coefficient (Wildman–Crippen LogP) is 1.29. The Kier molecular flexibility index (Phi) is 6.15. The Labute approximate surface area is 116 Å². The largest absolute Gasteiger partial charge is 0.392 e. The van der Waals surface area contributed by atoms with E-state index >= 15 is 0 Å². The number of aliphatic hydroxyl groups excluding tert-OH is 1. The minimum Gasteiger partial charge on any atom is -0.392 e. The Bertz CT molecular complexity index is 536. The maximum Gasteiger partial charge on any atom is 0.240 e. The van der Waals surface area contributed by atoms with E-state index in [0.29, 0.717) is 6.61 Å². The summed E-state index contributed by atoms with van der Waals surface area (Å²) in [6.07, 6.45) is 0. The SMILES string of the molecule is CCOCCNS(=O)(=O)c1cc(F)c(Cl)c(CO)c1. The second kappa shape index (κ2) is 7.16. The maximum absolute atomic E-state index is 13.4. The van der Waals surface area contributed by atoms with E-state index in [4.69, 9.17) is 21.4 Å². The van der Waals surface area contributed by atoms with Crippen LogP contribution in [0, 0.1) is 5.82 Å². The van der Waals surface area contributed by atoms with Crippen LogP contribution in [0.25, 0.3) is 0 Å². The summed E-state index contributed by atoms with van der Waals surface area (Å²) in [6, 6.07) is 1.94. The van der Waals surface area contributed by atoms with Gasteiger partial charge in [-0.15, -0.1) is 0 Å². The van der Waals surface area contributed by atoms with Crippen molar-refractivity contribution in [3.05, 3.63) is 28.5 Å². The minimum atomic E-state index is -3.85. The lowest BCUT2D eigenvalue weighted by atomic mass is 10.2. The molecule has 0 saturated carbocycles. The first-order chi connectivity index (χ1) is 8.92. The number of nitrogens with one attached hydrogen (secondary N) is 1. The highest BCUT2D eigenvalue weighted by Crippen LogP contribution is 2.24. The summed E-state index contributed by atoms with van der Waals surface area (Å²) in [5, 5.41) is 8.71. The topological polar surface area (TPSA) is 75.6 Å². The van der Waals surface area contributed by atoms with E-state index in [2.05, 4.69) is 4.72 Å². The van der Waals surface area contributed by atoms with Gasteiger partial charge in [0, 0.05) is 18.7 Å². The van der Waals surface area contributed by atoms with Crippen LogP contribution in [0.5, 0.6) is 0 Å². The molecule has 1 rings (SSSR count). The zero-order valence-corrected chi connectivity index (χ0v) is 11.9. The molecule has 0 aliphatic heterocycles.